The summed E-state index contributed by atoms with van der Waals surface area (Å²) in [6, 6.07) is 4.79. The van der Waals surface area contributed by atoms with Gasteiger partial charge in [-0.1, -0.05) is 20.4 Å². The molecule has 0 aromatic heterocycles. The summed E-state index contributed by atoms with van der Waals surface area (Å²) in [6.45, 7) is 8.84. The van der Waals surface area contributed by atoms with Crippen LogP contribution < -0.4 is 0 Å². The van der Waals surface area contributed by atoms with E-state index in [1.807, 2.05) is 13.8 Å². The molecule has 5 rings (SSSR count). The minimum absolute atomic E-state index is 0.00262. The van der Waals surface area contributed by atoms with E-state index in [1.165, 1.54) is 19.1 Å². The zero-order valence-corrected chi connectivity index (χ0v) is 22.5. The van der Waals surface area contributed by atoms with E-state index in [4.69, 9.17) is 14.2 Å². The lowest BCUT2D eigenvalue weighted by Crippen LogP contribution is -2.71. The molecule has 0 unspecified atom stereocenters. The van der Waals surface area contributed by atoms with Gasteiger partial charge in [-0.05, 0) is 54.7 Å². The maximum atomic E-state index is 14.0. The Morgan fingerprint density at radius 1 is 1.12 bits per heavy atom. The van der Waals surface area contributed by atoms with Gasteiger partial charge in [0.2, 0.25) is 0 Å². The van der Waals surface area contributed by atoms with E-state index in [2.05, 4.69) is 6.58 Å². The number of ether oxygens (including phenoxy) is 3. The van der Waals surface area contributed by atoms with Crippen molar-refractivity contribution in [2.45, 2.75) is 58.7 Å². The number of ketones is 1. The van der Waals surface area contributed by atoms with E-state index in [1.54, 1.807) is 0 Å². The summed E-state index contributed by atoms with van der Waals surface area (Å²) in [5.41, 5.74) is -3.84. The van der Waals surface area contributed by atoms with Gasteiger partial charge in [0.1, 0.15) is 25.1 Å². The average molecular weight is 554 g/mol. The third-order valence-electron chi connectivity index (χ3n) is 9.75. The number of hydrogen-bond donors (Lipinski definition) is 0. The number of rotatable bonds is 5. The number of aldehydes is 1. The van der Waals surface area contributed by atoms with Gasteiger partial charge in [-0.15, -0.1) is 0 Å². The third-order valence-corrected chi connectivity index (χ3v) is 9.75. The molecule has 1 aliphatic heterocycles. The van der Waals surface area contributed by atoms with Crippen LogP contribution in [0.1, 0.15) is 56.8 Å². The van der Waals surface area contributed by atoms with Crippen molar-refractivity contribution in [3.8, 4) is 0 Å². The lowest BCUT2D eigenvalue weighted by molar-refractivity contribution is -0.384. The fourth-order valence-corrected chi connectivity index (χ4v) is 8.01. The van der Waals surface area contributed by atoms with Gasteiger partial charge in [0.25, 0.3) is 5.69 Å². The molecule has 1 aromatic rings. The first-order valence-corrected chi connectivity index (χ1v) is 13.3. The predicted octanol–water partition coefficient (Wildman–Crippen LogP) is 3.38. The second-order valence-electron chi connectivity index (χ2n) is 12.0. The zero-order chi connectivity index (χ0) is 29.2. The fraction of sp³-hybridized carbons (Fsp3) is 0.552. The molecule has 212 valence electrons. The van der Waals surface area contributed by atoms with Crippen LogP contribution in [0, 0.1) is 44.1 Å². The van der Waals surface area contributed by atoms with Crippen molar-refractivity contribution in [2.24, 2.45) is 34.0 Å². The smallest absolute Gasteiger partial charge is 0.338 e. The van der Waals surface area contributed by atoms with Crippen LogP contribution >= 0.6 is 0 Å². The second-order valence-corrected chi connectivity index (χ2v) is 12.0. The Bertz CT molecular complexity index is 1330. The van der Waals surface area contributed by atoms with Crippen molar-refractivity contribution in [3.05, 3.63) is 52.1 Å². The number of nitro groups is 1. The molecule has 2 bridgehead atoms. The molecule has 3 aliphatic carbocycles. The van der Waals surface area contributed by atoms with Crippen LogP contribution in [0.2, 0.25) is 0 Å². The van der Waals surface area contributed by atoms with E-state index in [0.717, 1.165) is 18.4 Å². The second kappa shape index (κ2) is 9.35. The molecule has 40 heavy (non-hydrogen) atoms. The minimum Gasteiger partial charge on any atom is -0.464 e. The quantitative estimate of drug-likeness (QED) is 0.101. The van der Waals surface area contributed by atoms with Crippen LogP contribution in [-0.4, -0.2) is 53.7 Å². The van der Waals surface area contributed by atoms with Gasteiger partial charge >= 0.3 is 17.9 Å². The maximum absolute atomic E-state index is 14.0. The lowest BCUT2D eigenvalue weighted by atomic mass is 9.43. The molecule has 11 nitrogen and oxygen atoms in total. The predicted molar refractivity (Wildman–Crippen MR) is 137 cm³/mol. The fourth-order valence-electron chi connectivity index (χ4n) is 8.01. The summed E-state index contributed by atoms with van der Waals surface area (Å²) in [5.74, 6) is -5.11. The molecular formula is C29H31NO10. The van der Waals surface area contributed by atoms with Crippen LogP contribution in [0.3, 0.4) is 0 Å². The van der Waals surface area contributed by atoms with Crippen LogP contribution in [0.4, 0.5) is 5.69 Å². The van der Waals surface area contributed by atoms with Crippen molar-refractivity contribution in [2.75, 3.05) is 6.61 Å². The van der Waals surface area contributed by atoms with Gasteiger partial charge in [-0.3, -0.25) is 24.5 Å². The molecule has 2 spiro atoms. The molecule has 4 fully saturated rings. The number of fused-ring (bicyclic) bond motifs is 2. The van der Waals surface area contributed by atoms with Crippen molar-refractivity contribution in [1.82, 2.24) is 0 Å². The summed E-state index contributed by atoms with van der Waals surface area (Å²) in [7, 11) is 0. The molecular weight excluding hydrogens is 522 g/mol. The van der Waals surface area contributed by atoms with Crippen molar-refractivity contribution in [1.29, 1.82) is 0 Å². The van der Waals surface area contributed by atoms with Crippen molar-refractivity contribution in [3.63, 3.8) is 0 Å². The zero-order valence-electron chi connectivity index (χ0n) is 22.5. The van der Waals surface area contributed by atoms with E-state index >= 15 is 0 Å². The molecule has 0 amide bonds. The van der Waals surface area contributed by atoms with Crippen LogP contribution in [-0.2, 0) is 33.4 Å². The number of carbonyl (C=O) groups is 5. The molecule has 1 heterocycles. The monoisotopic (exact) mass is 553 g/mol. The highest BCUT2D eigenvalue weighted by molar-refractivity contribution is 6.16. The number of nitrogens with zero attached hydrogens (tertiary/aromatic N) is 1. The van der Waals surface area contributed by atoms with Gasteiger partial charge in [0, 0.05) is 30.9 Å². The Kier molecular flexibility index (Phi) is 6.47. The maximum Gasteiger partial charge on any atom is 0.338 e. The van der Waals surface area contributed by atoms with E-state index in [-0.39, 0.29) is 23.4 Å². The van der Waals surface area contributed by atoms with Gasteiger partial charge in [-0.25, -0.2) is 4.79 Å². The van der Waals surface area contributed by atoms with E-state index in [0.29, 0.717) is 25.7 Å². The number of non-ortho nitro benzene ring substituents is 1. The number of cyclic esters (lactones) is 1. The molecule has 0 N–H and O–H groups in total. The summed E-state index contributed by atoms with van der Waals surface area (Å²) < 4.78 is 17.5. The standard InChI is InChI=1S/C29H31NO10/c1-15-19-9-10-20-28(21(13-31)27(3,4)12-11-22(28)39-16(2)32)14-38-26(35)29(20,23(15)33)24(19)40-25(34)17-5-7-18(8-6-17)30(36)37/h5-8,13,19-22,24H,1,9-12,14H2,2-4H3/t19-,20+,21-,22+,24-,28+,29+/m1/s1. The summed E-state index contributed by atoms with van der Waals surface area (Å²) >= 11 is 0. The van der Waals surface area contributed by atoms with Crippen LogP contribution in [0.15, 0.2) is 36.4 Å². The Morgan fingerprint density at radius 2 is 1.80 bits per heavy atom. The topological polar surface area (TPSA) is 156 Å². The summed E-state index contributed by atoms with van der Waals surface area (Å²) in [4.78, 5) is 76.6. The Morgan fingerprint density at radius 3 is 2.40 bits per heavy atom. The van der Waals surface area contributed by atoms with E-state index in [9.17, 15) is 34.1 Å². The minimum atomic E-state index is -1.97. The first-order valence-electron chi connectivity index (χ1n) is 13.3. The summed E-state index contributed by atoms with van der Waals surface area (Å²) in [6.07, 6.45) is 0.359. The molecule has 11 heteroatoms. The van der Waals surface area contributed by atoms with Crippen LogP contribution in [0.25, 0.3) is 0 Å². The number of carbonyl (C=O) groups excluding carboxylic acids is 5. The molecule has 4 aliphatic rings. The molecule has 1 saturated heterocycles. The first-order chi connectivity index (χ1) is 18.8. The third kappa shape index (κ3) is 3.66. The van der Waals surface area contributed by atoms with Gasteiger partial charge in [-0.2, -0.15) is 0 Å². The van der Waals surface area contributed by atoms with Crippen LogP contribution in [0.5, 0.6) is 0 Å². The summed E-state index contributed by atoms with van der Waals surface area (Å²) in [5, 5.41) is 11.0. The number of benzene rings is 1. The van der Waals surface area contributed by atoms with Gasteiger partial charge in [0.15, 0.2) is 11.2 Å². The molecule has 0 radical (unpaired) electrons. The largest absolute Gasteiger partial charge is 0.464 e. The van der Waals surface area contributed by atoms with Crippen molar-refractivity contribution >= 4 is 35.7 Å². The lowest BCUT2D eigenvalue weighted by Gasteiger charge is -2.62. The van der Waals surface area contributed by atoms with Crippen molar-refractivity contribution < 1.29 is 43.1 Å². The Balaban J connectivity index is 1.63. The van der Waals surface area contributed by atoms with E-state index < -0.39 is 74.8 Å². The molecule has 3 saturated carbocycles. The number of Topliss-reactive ketones (excluding diaryl/α,β-unsaturated/α-hetero) is 1. The Hall–Kier alpha value is -3.89. The highest BCUT2D eigenvalue weighted by Gasteiger charge is 2.79. The molecule has 1 aromatic carbocycles. The normalized spacial score (nSPS) is 35.9. The van der Waals surface area contributed by atoms with Gasteiger partial charge in [0.05, 0.1) is 15.9 Å². The number of esters is 3. The highest BCUT2D eigenvalue weighted by Crippen LogP contribution is 2.68. The van der Waals surface area contributed by atoms with Gasteiger partial charge < -0.3 is 19.0 Å². The number of hydrogen-bond acceptors (Lipinski definition) is 10. The average Bonchev–Trinajstić information content (AvgIpc) is 3.02. The number of nitro benzene ring substituents is 1. The first kappa shape index (κ1) is 27.7. The Labute approximate surface area is 230 Å². The highest BCUT2D eigenvalue weighted by atomic mass is 16.6. The SMILES string of the molecule is C=C1C(=O)[C@@]23C(=O)OC[C@]4([C@@H](OC(C)=O)CCC(C)(C)[C@H]4C=O)[C@@H]2CC[C@H]1[C@H]3OC(=O)c1ccc([N+](=O)[O-])cc1. The molecule has 7 atom stereocenters.